The highest BCUT2D eigenvalue weighted by atomic mass is 32.2. The van der Waals surface area contributed by atoms with Crippen LogP contribution >= 0.6 is 0 Å². The third kappa shape index (κ3) is 13.6. The van der Waals surface area contributed by atoms with Crippen LogP contribution in [0.1, 0.15) is 40.0 Å². The van der Waals surface area contributed by atoms with Gasteiger partial charge in [-0.15, -0.1) is 6.58 Å². The van der Waals surface area contributed by atoms with Gasteiger partial charge in [-0.1, -0.05) is 25.8 Å². The molecule has 16 heavy (non-hydrogen) atoms. The summed E-state index contributed by atoms with van der Waals surface area (Å²) in [5.74, 6) is 0. The third-order valence-electron chi connectivity index (χ3n) is 1.90. The van der Waals surface area contributed by atoms with Gasteiger partial charge < -0.3 is 5.32 Å². The fourth-order valence-electron chi connectivity index (χ4n) is 0.911. The Kier molecular flexibility index (Phi) is 12.5. The number of unbranched alkanes of at least 4 members (excludes halogenated alkanes) is 2. The zero-order valence-corrected chi connectivity index (χ0v) is 11.4. The second-order valence-electron chi connectivity index (χ2n) is 3.65. The number of nitrogens with one attached hydrogen (secondary N) is 1. The highest BCUT2D eigenvalue weighted by molar-refractivity contribution is 7.86. The van der Waals surface area contributed by atoms with Gasteiger partial charge in [0.25, 0.3) is 10.1 Å². The van der Waals surface area contributed by atoms with Gasteiger partial charge >= 0.3 is 0 Å². The van der Waals surface area contributed by atoms with E-state index in [1.807, 2.05) is 6.92 Å². The lowest BCUT2D eigenvalue weighted by molar-refractivity contribution is 0.464. The van der Waals surface area contributed by atoms with Gasteiger partial charge in [-0.25, -0.2) is 0 Å². The van der Waals surface area contributed by atoms with Crippen molar-refractivity contribution in [2.24, 2.45) is 0 Å². The molecule has 0 aliphatic heterocycles. The lowest BCUT2D eigenvalue weighted by atomic mass is 10.2. The Morgan fingerprint density at radius 2 is 1.94 bits per heavy atom. The molecule has 4 nitrogen and oxygen atoms in total. The fourth-order valence-corrected chi connectivity index (χ4v) is 1.24. The van der Waals surface area contributed by atoms with Gasteiger partial charge in [0, 0.05) is 6.54 Å². The van der Waals surface area contributed by atoms with Crippen molar-refractivity contribution in [1.82, 2.24) is 5.32 Å². The van der Waals surface area contributed by atoms with Crippen LogP contribution in [0.25, 0.3) is 0 Å². The Morgan fingerprint density at radius 3 is 2.31 bits per heavy atom. The molecule has 2 N–H and O–H groups in total. The van der Waals surface area contributed by atoms with E-state index in [1.165, 1.54) is 6.92 Å². The van der Waals surface area contributed by atoms with Crippen molar-refractivity contribution in [3.63, 3.8) is 0 Å². The average Bonchev–Trinajstić information content (AvgIpc) is 2.17. The van der Waals surface area contributed by atoms with Crippen molar-refractivity contribution in [2.75, 3.05) is 13.1 Å². The van der Waals surface area contributed by atoms with Gasteiger partial charge in [-0.05, 0) is 26.8 Å². The fraction of sp³-hybridized carbons (Fsp3) is 0.818. The quantitative estimate of drug-likeness (QED) is 0.414. The van der Waals surface area contributed by atoms with Crippen molar-refractivity contribution in [2.45, 2.75) is 45.3 Å². The van der Waals surface area contributed by atoms with Crippen LogP contribution < -0.4 is 5.32 Å². The number of rotatable bonds is 7. The molecule has 0 spiro atoms. The zero-order chi connectivity index (χ0) is 13.0. The van der Waals surface area contributed by atoms with E-state index in [2.05, 4.69) is 18.8 Å². The second-order valence-corrected chi connectivity index (χ2v) is 5.48. The van der Waals surface area contributed by atoms with E-state index in [4.69, 9.17) is 4.55 Å². The van der Waals surface area contributed by atoms with Crippen LogP contribution in [-0.4, -0.2) is 31.3 Å². The molecule has 0 aromatic heterocycles. The standard InChI is InChI=1S/C8H19NO3S.C3H6/c1-3-4-5-6-9-7-8(2)13(10,11)12;1-3-2/h8-9H,3-7H2,1-2H3,(H,10,11,12);3H,1H2,2H3. The lowest BCUT2D eigenvalue weighted by Crippen LogP contribution is -2.31. The Labute approximate surface area is 99.9 Å². The molecule has 5 heteroatoms. The van der Waals surface area contributed by atoms with Crippen LogP contribution in [0.4, 0.5) is 0 Å². The molecule has 0 saturated heterocycles. The molecule has 0 amide bonds. The minimum atomic E-state index is -3.86. The summed E-state index contributed by atoms with van der Waals surface area (Å²) < 4.78 is 29.8. The Morgan fingerprint density at radius 1 is 1.44 bits per heavy atom. The largest absolute Gasteiger partial charge is 0.315 e. The molecule has 0 aliphatic rings. The minimum Gasteiger partial charge on any atom is -0.315 e. The van der Waals surface area contributed by atoms with Crippen LogP contribution in [0.15, 0.2) is 12.7 Å². The molecule has 0 saturated carbocycles. The van der Waals surface area contributed by atoms with E-state index in [0.717, 1.165) is 25.8 Å². The lowest BCUT2D eigenvalue weighted by Gasteiger charge is -2.08. The molecule has 1 atom stereocenters. The average molecular weight is 251 g/mol. The van der Waals surface area contributed by atoms with Crippen LogP contribution in [0.5, 0.6) is 0 Å². The zero-order valence-electron chi connectivity index (χ0n) is 10.6. The molecule has 0 aromatic rings. The van der Waals surface area contributed by atoms with Gasteiger partial charge in [0.2, 0.25) is 0 Å². The van der Waals surface area contributed by atoms with E-state index in [0.29, 0.717) is 6.54 Å². The van der Waals surface area contributed by atoms with Crippen molar-refractivity contribution in [3.05, 3.63) is 12.7 Å². The highest BCUT2D eigenvalue weighted by Gasteiger charge is 2.15. The van der Waals surface area contributed by atoms with E-state index >= 15 is 0 Å². The first-order chi connectivity index (χ1) is 7.40. The second kappa shape index (κ2) is 11.1. The summed E-state index contributed by atoms with van der Waals surface area (Å²) in [5.41, 5.74) is 0. The molecule has 1 unspecified atom stereocenters. The number of hydrogen-bond acceptors (Lipinski definition) is 3. The topological polar surface area (TPSA) is 66.4 Å². The molecule has 0 heterocycles. The van der Waals surface area contributed by atoms with Crippen molar-refractivity contribution in [3.8, 4) is 0 Å². The van der Waals surface area contributed by atoms with Crippen LogP contribution in [0, 0.1) is 0 Å². The first-order valence-electron chi connectivity index (χ1n) is 5.64. The predicted molar refractivity (Wildman–Crippen MR) is 69.3 cm³/mol. The Bertz CT molecular complexity index is 250. The number of allylic oxidation sites excluding steroid dienone is 1. The minimum absolute atomic E-state index is 0.322. The Balaban J connectivity index is 0. The van der Waals surface area contributed by atoms with E-state index in [-0.39, 0.29) is 0 Å². The van der Waals surface area contributed by atoms with Gasteiger partial charge in [0.05, 0.1) is 5.25 Å². The first-order valence-corrected chi connectivity index (χ1v) is 7.14. The van der Waals surface area contributed by atoms with Crippen molar-refractivity contribution in [1.29, 1.82) is 0 Å². The van der Waals surface area contributed by atoms with Gasteiger partial charge in [0.15, 0.2) is 0 Å². The van der Waals surface area contributed by atoms with Gasteiger partial charge in [0.1, 0.15) is 0 Å². The van der Waals surface area contributed by atoms with E-state index in [9.17, 15) is 8.42 Å². The van der Waals surface area contributed by atoms with Crippen LogP contribution in [0.2, 0.25) is 0 Å². The molecule has 0 rings (SSSR count). The van der Waals surface area contributed by atoms with E-state index < -0.39 is 15.4 Å². The molecule has 0 aromatic carbocycles. The maximum Gasteiger partial charge on any atom is 0.268 e. The van der Waals surface area contributed by atoms with Gasteiger partial charge in [-0.2, -0.15) is 8.42 Å². The molecule has 0 radical (unpaired) electrons. The molecule has 0 fully saturated rings. The summed E-state index contributed by atoms with van der Waals surface area (Å²) in [6.07, 6.45) is 5.09. The summed E-state index contributed by atoms with van der Waals surface area (Å²) in [6.45, 7) is 9.99. The highest BCUT2D eigenvalue weighted by Crippen LogP contribution is 1.96. The summed E-state index contributed by atoms with van der Waals surface area (Å²) in [4.78, 5) is 0. The summed E-state index contributed by atoms with van der Waals surface area (Å²) in [7, 11) is -3.86. The van der Waals surface area contributed by atoms with Crippen molar-refractivity contribution >= 4 is 10.1 Å². The normalized spacial score (nSPS) is 12.5. The van der Waals surface area contributed by atoms with E-state index in [1.54, 1.807) is 6.08 Å². The molecular formula is C11H25NO3S. The monoisotopic (exact) mass is 251 g/mol. The number of hydrogen-bond donors (Lipinski definition) is 2. The van der Waals surface area contributed by atoms with Crippen LogP contribution in [-0.2, 0) is 10.1 Å². The predicted octanol–water partition coefficient (Wildman–Crippen LogP) is 2.23. The van der Waals surface area contributed by atoms with Crippen molar-refractivity contribution < 1.29 is 13.0 Å². The molecular weight excluding hydrogens is 226 g/mol. The maximum absolute atomic E-state index is 10.6. The first kappa shape index (κ1) is 18.0. The van der Waals surface area contributed by atoms with Gasteiger partial charge in [-0.3, -0.25) is 4.55 Å². The molecule has 0 aliphatic carbocycles. The maximum atomic E-state index is 10.6. The third-order valence-corrected chi connectivity index (χ3v) is 3.08. The smallest absolute Gasteiger partial charge is 0.268 e. The summed E-state index contributed by atoms with van der Waals surface area (Å²) in [6, 6.07) is 0. The molecule has 0 bridgehead atoms. The Hall–Kier alpha value is -0.390. The summed E-state index contributed by atoms with van der Waals surface area (Å²) in [5, 5.41) is 2.27. The van der Waals surface area contributed by atoms with Crippen LogP contribution in [0.3, 0.4) is 0 Å². The SMILES string of the molecule is C=CC.CCCCCNCC(C)S(=O)(=O)O. The summed E-state index contributed by atoms with van der Waals surface area (Å²) >= 11 is 0. The molecule has 98 valence electrons.